The number of rotatable bonds is 7. The minimum absolute atomic E-state index is 1.24. The maximum absolute atomic E-state index is 2.40. The van der Waals surface area contributed by atoms with Crippen molar-refractivity contribution in [2.24, 2.45) is 0 Å². The largest absolute Gasteiger partial charge is 0.0616 e. The predicted molar refractivity (Wildman–Crippen MR) is 502 cm³/mol. The van der Waals surface area contributed by atoms with Gasteiger partial charge in [0.25, 0.3) is 0 Å². The monoisotopic (exact) mass is 1470 g/mol. The number of hydrogen-bond donors (Lipinski definition) is 0. The molecule has 0 heterocycles. The lowest BCUT2D eigenvalue weighted by Gasteiger charge is -2.18. The molecule has 0 aliphatic carbocycles. The number of fused-ring (bicyclic) bond motifs is 16. The molecule has 0 amide bonds. The second kappa shape index (κ2) is 28.6. The molecule has 0 heteroatoms. The molecule has 0 N–H and O–H groups in total. The van der Waals surface area contributed by atoms with Gasteiger partial charge in [0, 0.05) is 0 Å². The van der Waals surface area contributed by atoms with Gasteiger partial charge >= 0.3 is 0 Å². The number of hydrogen-bond acceptors (Lipinski definition) is 0. The van der Waals surface area contributed by atoms with Crippen LogP contribution in [0, 0.1) is 0 Å². The van der Waals surface area contributed by atoms with Gasteiger partial charge in [-0.3, -0.25) is 0 Å². The minimum Gasteiger partial charge on any atom is -0.0616 e. The SMILES string of the molecule is c1cc(-c2cccc3ccccc23)cc(-c2c3ccccc3c(-c3ccc4ccccc4c3)c3ccccc23)c1.c1ccc2c(c1)ccc1ccc(-c3c4ccccc4c(-c4ccc5ccc6ccccc6c5c4)c4ccccc34)cc12.c1ccc2cc(-c3c4ccccc4c(-c4ccc5ccccc5c4)c4ccccc34)ccc2c1. The van der Waals surface area contributed by atoms with Crippen molar-refractivity contribution in [3.63, 3.8) is 0 Å². The summed E-state index contributed by atoms with van der Waals surface area (Å²) in [5.41, 5.74) is 17.8. The van der Waals surface area contributed by atoms with Gasteiger partial charge < -0.3 is 0 Å². The summed E-state index contributed by atoms with van der Waals surface area (Å²) in [6, 6.07) is 164. The second-order valence-corrected chi connectivity index (χ2v) is 30.8. The van der Waals surface area contributed by atoms with Crippen molar-refractivity contribution < 1.29 is 0 Å². The Balaban J connectivity index is 0.000000106. The van der Waals surface area contributed by atoms with Crippen LogP contribution in [0.15, 0.2) is 449 Å². The van der Waals surface area contributed by atoms with E-state index in [2.05, 4.69) is 449 Å². The lowest BCUT2D eigenvalue weighted by atomic mass is 9.85. The van der Waals surface area contributed by atoms with Crippen LogP contribution in [0.2, 0.25) is 0 Å². The fourth-order valence-electron chi connectivity index (χ4n) is 18.9. The highest BCUT2D eigenvalue weighted by molar-refractivity contribution is 6.26. The molecule has 0 saturated carbocycles. The summed E-state index contributed by atoms with van der Waals surface area (Å²) in [7, 11) is 0. The Morgan fingerprint density at radius 3 is 0.586 bits per heavy atom. The zero-order valence-electron chi connectivity index (χ0n) is 63.7. The molecule has 538 valence electrons. The molecule has 0 saturated heterocycles. The number of benzene rings is 24. The van der Waals surface area contributed by atoms with E-state index in [0.717, 1.165) is 0 Å². The van der Waals surface area contributed by atoms with Crippen LogP contribution < -0.4 is 0 Å². The van der Waals surface area contributed by atoms with Crippen molar-refractivity contribution in [1.29, 1.82) is 0 Å². The molecule has 0 nitrogen and oxygen atoms in total. The van der Waals surface area contributed by atoms with Crippen molar-refractivity contribution in [3.8, 4) is 77.9 Å². The third-order valence-electron chi connectivity index (χ3n) is 24.2. The Hall–Kier alpha value is -15.1. The van der Waals surface area contributed by atoms with Crippen LogP contribution in [0.1, 0.15) is 0 Å². The normalized spacial score (nSPS) is 11.6. The summed E-state index contributed by atoms with van der Waals surface area (Å²) in [6.45, 7) is 0. The Labute approximate surface area is 673 Å². The predicted octanol–water partition coefficient (Wildman–Crippen LogP) is 32.9. The third-order valence-corrected chi connectivity index (χ3v) is 24.2. The Kier molecular flexibility index (Phi) is 16.7. The summed E-state index contributed by atoms with van der Waals surface area (Å²) < 4.78 is 0. The first-order chi connectivity index (χ1) is 57.5. The molecule has 0 atom stereocenters. The standard InChI is InChI=1S/C42H26.C40H26.C34H22/c1-3-11-33-27(9-1)17-19-29-21-23-31(25-39(29)33)41-35-13-5-7-15-37(35)42(38-16-8-6-14-36(38)41)32-24-22-30-20-18-28-10-2-4-12-34(28)40(30)26-32;1-2-13-29-25-32(24-23-27(29)11-1)40-37-20-7-5-18-35(37)39(36-19-6-8-21-38(36)40)31-16-9-15-30(26-31)34-22-10-14-28-12-3-4-17-33(28)34;1-3-11-25-21-27(19-17-23(25)9-1)33-29-13-5-7-15-31(29)34(32-16-8-6-14-30(32)33)28-20-18-24-10-2-4-12-26(24)22-28/h1-26H;1-26H;1-22H. The molecule has 24 aromatic rings. The fraction of sp³-hybridized carbons (Fsp3) is 0. The zero-order valence-corrected chi connectivity index (χ0v) is 63.7. The second-order valence-electron chi connectivity index (χ2n) is 30.8. The van der Waals surface area contributed by atoms with Gasteiger partial charge in [0.15, 0.2) is 0 Å². The molecule has 0 aliphatic heterocycles. The molecular weight excluding hydrogens is 1390 g/mol. The van der Waals surface area contributed by atoms with Gasteiger partial charge in [0.1, 0.15) is 0 Å². The lowest BCUT2D eigenvalue weighted by molar-refractivity contribution is 1.63. The van der Waals surface area contributed by atoms with Crippen molar-refractivity contribution in [3.05, 3.63) is 449 Å². The van der Waals surface area contributed by atoms with Crippen LogP contribution in [0.3, 0.4) is 0 Å². The molecular formula is C116H74. The van der Waals surface area contributed by atoms with Crippen LogP contribution in [0.25, 0.3) is 229 Å². The molecule has 0 unspecified atom stereocenters. The first-order valence-electron chi connectivity index (χ1n) is 40.3. The minimum atomic E-state index is 1.24. The average Bonchev–Trinajstić information content (AvgIpc) is 0.737. The van der Waals surface area contributed by atoms with Gasteiger partial charge in [0.2, 0.25) is 0 Å². The molecule has 24 aromatic carbocycles. The molecule has 0 radical (unpaired) electrons. The molecule has 0 spiro atoms. The highest BCUT2D eigenvalue weighted by Crippen LogP contribution is 2.50. The van der Waals surface area contributed by atoms with Crippen molar-refractivity contribution >= 4 is 151 Å². The van der Waals surface area contributed by atoms with Crippen LogP contribution in [0.5, 0.6) is 0 Å². The Bertz CT molecular complexity index is 7610. The quantitative estimate of drug-likeness (QED) is 0.110. The molecule has 0 aliphatic rings. The van der Waals surface area contributed by atoms with Gasteiger partial charge in [0.05, 0.1) is 0 Å². The van der Waals surface area contributed by atoms with E-state index in [9.17, 15) is 0 Å². The van der Waals surface area contributed by atoms with Crippen LogP contribution in [0.4, 0.5) is 0 Å². The van der Waals surface area contributed by atoms with Crippen LogP contribution in [-0.4, -0.2) is 0 Å². The van der Waals surface area contributed by atoms with Crippen molar-refractivity contribution in [2.45, 2.75) is 0 Å². The molecule has 0 bridgehead atoms. The third kappa shape index (κ3) is 11.8. The Morgan fingerprint density at radius 2 is 0.276 bits per heavy atom. The zero-order chi connectivity index (χ0) is 76.6. The summed E-state index contributed by atoms with van der Waals surface area (Å²) in [5.74, 6) is 0. The summed E-state index contributed by atoms with van der Waals surface area (Å²) in [6.07, 6.45) is 0. The molecule has 0 aromatic heterocycles. The molecule has 24 rings (SSSR count). The van der Waals surface area contributed by atoms with Crippen molar-refractivity contribution in [1.82, 2.24) is 0 Å². The fourth-order valence-corrected chi connectivity index (χ4v) is 18.9. The summed E-state index contributed by atoms with van der Waals surface area (Å²) in [4.78, 5) is 0. The van der Waals surface area contributed by atoms with E-state index >= 15 is 0 Å². The highest BCUT2D eigenvalue weighted by Gasteiger charge is 2.22. The van der Waals surface area contributed by atoms with E-state index in [1.54, 1.807) is 0 Å². The van der Waals surface area contributed by atoms with Gasteiger partial charge in [-0.25, -0.2) is 0 Å². The van der Waals surface area contributed by atoms with E-state index < -0.39 is 0 Å². The van der Waals surface area contributed by atoms with E-state index in [4.69, 9.17) is 0 Å². The van der Waals surface area contributed by atoms with E-state index in [0.29, 0.717) is 0 Å². The van der Waals surface area contributed by atoms with Gasteiger partial charge in [-0.1, -0.05) is 413 Å². The lowest BCUT2D eigenvalue weighted by Crippen LogP contribution is -1.91. The Morgan fingerprint density at radius 1 is 0.0862 bits per heavy atom. The van der Waals surface area contributed by atoms with Gasteiger partial charge in [-0.2, -0.15) is 0 Å². The van der Waals surface area contributed by atoms with E-state index in [1.165, 1.54) is 229 Å². The maximum Gasteiger partial charge on any atom is -0.00261 e. The van der Waals surface area contributed by atoms with Crippen LogP contribution >= 0.6 is 0 Å². The van der Waals surface area contributed by atoms with Crippen molar-refractivity contribution in [2.75, 3.05) is 0 Å². The smallest absolute Gasteiger partial charge is 0.00261 e. The summed E-state index contributed by atoms with van der Waals surface area (Å²) >= 11 is 0. The average molecular weight is 1470 g/mol. The maximum atomic E-state index is 2.40. The first kappa shape index (κ1) is 67.8. The molecule has 116 heavy (non-hydrogen) atoms. The summed E-state index contributed by atoms with van der Waals surface area (Å²) in [5, 5.41) is 35.8. The highest BCUT2D eigenvalue weighted by atomic mass is 14.3. The topological polar surface area (TPSA) is 0 Å². The molecule has 0 fully saturated rings. The van der Waals surface area contributed by atoms with Gasteiger partial charge in [-0.15, -0.1) is 0 Å². The first-order valence-corrected chi connectivity index (χ1v) is 40.3. The van der Waals surface area contributed by atoms with E-state index in [1.807, 2.05) is 0 Å². The van der Waals surface area contributed by atoms with E-state index in [-0.39, 0.29) is 0 Å². The van der Waals surface area contributed by atoms with Crippen LogP contribution in [-0.2, 0) is 0 Å². The van der Waals surface area contributed by atoms with Gasteiger partial charge in [-0.05, 0) is 265 Å².